The van der Waals surface area contributed by atoms with Gasteiger partial charge in [0.1, 0.15) is 5.82 Å². The van der Waals surface area contributed by atoms with Gasteiger partial charge in [0.25, 0.3) is 0 Å². The number of nitrogens with two attached hydrogens (primary N) is 1. The van der Waals surface area contributed by atoms with E-state index in [1.165, 1.54) is 12.1 Å². The van der Waals surface area contributed by atoms with E-state index in [9.17, 15) is 4.39 Å². The molecule has 1 fully saturated rings. The van der Waals surface area contributed by atoms with Crippen LogP contribution in [0.25, 0.3) is 0 Å². The zero-order valence-corrected chi connectivity index (χ0v) is 10.2. The van der Waals surface area contributed by atoms with Crippen molar-refractivity contribution in [1.29, 1.82) is 0 Å². The third kappa shape index (κ3) is 2.74. The van der Waals surface area contributed by atoms with E-state index in [4.69, 9.17) is 17.3 Å². The summed E-state index contributed by atoms with van der Waals surface area (Å²) in [5.41, 5.74) is 6.99. The lowest BCUT2D eigenvalue weighted by Crippen LogP contribution is -2.21. The van der Waals surface area contributed by atoms with Crippen LogP contribution in [-0.2, 0) is 0 Å². The van der Waals surface area contributed by atoms with Crippen LogP contribution in [0.15, 0.2) is 18.2 Å². The number of rotatable bonds is 4. The van der Waals surface area contributed by atoms with Gasteiger partial charge in [-0.1, -0.05) is 18.5 Å². The minimum Gasteiger partial charge on any atom is -0.325 e. The summed E-state index contributed by atoms with van der Waals surface area (Å²) in [6.07, 6.45) is 4.22. The zero-order valence-electron chi connectivity index (χ0n) is 9.47. The molecule has 1 unspecified atom stereocenters. The average Bonchev–Trinajstić information content (AvgIpc) is 2.97. The van der Waals surface area contributed by atoms with Crippen molar-refractivity contribution in [3.05, 3.63) is 34.6 Å². The van der Waals surface area contributed by atoms with Gasteiger partial charge < -0.3 is 5.73 Å². The molecule has 1 atom stereocenters. The van der Waals surface area contributed by atoms with E-state index >= 15 is 0 Å². The second-order valence-corrected chi connectivity index (χ2v) is 5.38. The highest BCUT2D eigenvalue weighted by Gasteiger charge is 2.37. The highest BCUT2D eigenvalue weighted by molar-refractivity contribution is 6.31. The van der Waals surface area contributed by atoms with E-state index in [1.807, 2.05) is 0 Å². The van der Waals surface area contributed by atoms with Crippen molar-refractivity contribution >= 4 is 11.6 Å². The first-order valence-corrected chi connectivity index (χ1v) is 6.12. The van der Waals surface area contributed by atoms with E-state index in [0.29, 0.717) is 5.02 Å². The Bertz CT molecular complexity index is 388. The van der Waals surface area contributed by atoms with Crippen LogP contribution < -0.4 is 5.73 Å². The topological polar surface area (TPSA) is 26.0 Å². The predicted octanol–water partition coefficient (Wildman–Crippen LogP) is 3.85. The Hall–Kier alpha value is -0.600. The number of halogens is 2. The Kier molecular flexibility index (Phi) is 3.22. The van der Waals surface area contributed by atoms with Gasteiger partial charge in [0.05, 0.1) is 0 Å². The van der Waals surface area contributed by atoms with Gasteiger partial charge in [0, 0.05) is 10.6 Å². The first-order chi connectivity index (χ1) is 7.50. The van der Waals surface area contributed by atoms with Crippen LogP contribution >= 0.6 is 11.6 Å². The number of hydrogen-bond acceptors (Lipinski definition) is 1. The van der Waals surface area contributed by atoms with Crippen LogP contribution in [0, 0.1) is 5.82 Å². The fraction of sp³-hybridized carbons (Fsp3) is 0.538. The lowest BCUT2D eigenvalue weighted by atomic mass is 9.93. The van der Waals surface area contributed by atoms with Crippen LogP contribution in [0.5, 0.6) is 0 Å². The van der Waals surface area contributed by atoms with Crippen molar-refractivity contribution in [3.8, 4) is 0 Å². The summed E-state index contributed by atoms with van der Waals surface area (Å²) in [4.78, 5) is 0. The first kappa shape index (κ1) is 11.9. The van der Waals surface area contributed by atoms with Crippen molar-refractivity contribution in [1.82, 2.24) is 0 Å². The molecule has 3 heteroatoms. The molecule has 0 bridgehead atoms. The van der Waals surface area contributed by atoms with Crippen LogP contribution in [-0.4, -0.2) is 5.54 Å². The molecule has 1 aromatic rings. The molecule has 0 radical (unpaired) electrons. The largest absolute Gasteiger partial charge is 0.325 e. The van der Waals surface area contributed by atoms with Crippen molar-refractivity contribution < 1.29 is 4.39 Å². The van der Waals surface area contributed by atoms with E-state index in [0.717, 1.165) is 31.2 Å². The fourth-order valence-corrected chi connectivity index (χ4v) is 2.27. The third-order valence-electron chi connectivity index (χ3n) is 3.46. The Morgan fingerprint density at radius 2 is 2.19 bits per heavy atom. The minimum atomic E-state index is -0.222. The highest BCUT2D eigenvalue weighted by atomic mass is 35.5. The van der Waals surface area contributed by atoms with Gasteiger partial charge in [-0.15, -0.1) is 0 Å². The Morgan fingerprint density at radius 3 is 2.81 bits per heavy atom. The van der Waals surface area contributed by atoms with Gasteiger partial charge in [-0.25, -0.2) is 4.39 Å². The summed E-state index contributed by atoms with van der Waals surface area (Å²) in [5, 5.41) is 0.649. The van der Waals surface area contributed by atoms with Gasteiger partial charge in [-0.05, 0) is 55.4 Å². The highest BCUT2D eigenvalue weighted by Crippen LogP contribution is 2.39. The van der Waals surface area contributed by atoms with Crippen molar-refractivity contribution in [2.45, 2.75) is 44.1 Å². The molecule has 1 aliphatic carbocycles. The normalized spacial score (nSPS) is 19.5. The first-order valence-electron chi connectivity index (χ1n) is 5.74. The summed E-state index contributed by atoms with van der Waals surface area (Å²) in [5.74, 6) is 0.0457. The van der Waals surface area contributed by atoms with Crippen molar-refractivity contribution in [2.24, 2.45) is 5.73 Å². The number of hydrogen-bond donors (Lipinski definition) is 1. The summed E-state index contributed by atoms with van der Waals surface area (Å²) >= 11 is 6.06. The standard InChI is InChI=1S/C13H17ClFN/c1-9(4-5-13(16)6-7-13)11-8-10(15)2-3-12(11)14/h2-3,8-9H,4-7,16H2,1H3. The Morgan fingerprint density at radius 1 is 1.50 bits per heavy atom. The lowest BCUT2D eigenvalue weighted by Gasteiger charge is -2.16. The van der Waals surface area contributed by atoms with Crippen molar-refractivity contribution in [3.63, 3.8) is 0 Å². The van der Waals surface area contributed by atoms with Gasteiger partial charge in [-0.2, -0.15) is 0 Å². The SMILES string of the molecule is CC(CCC1(N)CC1)c1cc(F)ccc1Cl. The molecule has 0 aromatic heterocycles. The van der Waals surface area contributed by atoms with Gasteiger partial charge in [0.15, 0.2) is 0 Å². The molecule has 0 amide bonds. The molecule has 0 saturated heterocycles. The van der Waals surface area contributed by atoms with E-state index in [-0.39, 0.29) is 17.3 Å². The maximum atomic E-state index is 13.1. The van der Waals surface area contributed by atoms with Crippen LogP contribution in [0.1, 0.15) is 44.1 Å². The van der Waals surface area contributed by atoms with Gasteiger partial charge in [0.2, 0.25) is 0 Å². The number of benzene rings is 1. The molecule has 88 valence electrons. The maximum Gasteiger partial charge on any atom is 0.123 e. The molecule has 16 heavy (non-hydrogen) atoms. The molecule has 1 aromatic carbocycles. The molecular weight excluding hydrogens is 225 g/mol. The van der Waals surface area contributed by atoms with Crippen LogP contribution in [0.4, 0.5) is 4.39 Å². The van der Waals surface area contributed by atoms with Crippen LogP contribution in [0.3, 0.4) is 0 Å². The molecule has 2 N–H and O–H groups in total. The van der Waals surface area contributed by atoms with E-state index in [1.54, 1.807) is 6.07 Å². The molecular formula is C13H17ClFN. The molecule has 1 saturated carbocycles. The van der Waals surface area contributed by atoms with Gasteiger partial charge >= 0.3 is 0 Å². The molecule has 0 aliphatic heterocycles. The monoisotopic (exact) mass is 241 g/mol. The third-order valence-corrected chi connectivity index (χ3v) is 3.80. The van der Waals surface area contributed by atoms with E-state index < -0.39 is 0 Å². The van der Waals surface area contributed by atoms with Gasteiger partial charge in [-0.3, -0.25) is 0 Å². The molecule has 2 rings (SSSR count). The average molecular weight is 242 g/mol. The Balaban J connectivity index is 2.01. The second-order valence-electron chi connectivity index (χ2n) is 4.97. The smallest absolute Gasteiger partial charge is 0.123 e. The predicted molar refractivity (Wildman–Crippen MR) is 65.2 cm³/mol. The molecule has 1 nitrogen and oxygen atoms in total. The summed E-state index contributed by atoms with van der Waals surface area (Å²) < 4.78 is 13.1. The Labute approximate surface area is 101 Å². The fourth-order valence-electron chi connectivity index (χ4n) is 1.96. The molecule has 0 spiro atoms. The van der Waals surface area contributed by atoms with E-state index in [2.05, 4.69) is 6.92 Å². The summed E-state index contributed by atoms with van der Waals surface area (Å²) in [6.45, 7) is 2.08. The van der Waals surface area contributed by atoms with Crippen molar-refractivity contribution in [2.75, 3.05) is 0 Å². The van der Waals surface area contributed by atoms with Crippen LogP contribution in [0.2, 0.25) is 5.02 Å². The molecule has 1 aliphatic rings. The zero-order chi connectivity index (χ0) is 11.8. The lowest BCUT2D eigenvalue weighted by molar-refractivity contribution is 0.530. The summed E-state index contributed by atoms with van der Waals surface area (Å²) in [7, 11) is 0. The minimum absolute atomic E-state index is 0.0636. The second kappa shape index (κ2) is 4.34. The summed E-state index contributed by atoms with van der Waals surface area (Å²) in [6, 6.07) is 4.55. The maximum absolute atomic E-state index is 13.1. The quantitative estimate of drug-likeness (QED) is 0.851. The molecule has 0 heterocycles.